The van der Waals surface area contributed by atoms with Crippen LogP contribution in [0.25, 0.3) is 11.1 Å². The largest absolute Gasteiger partial charge is 0.481 e. The Bertz CT molecular complexity index is 1440. The molecule has 0 heterocycles. The van der Waals surface area contributed by atoms with Crippen molar-refractivity contribution in [2.24, 2.45) is 0 Å². The molecule has 6 nitrogen and oxygen atoms in total. The number of aliphatic carboxylic acids is 1. The lowest BCUT2D eigenvalue weighted by atomic mass is 9.94. The number of nitrogens with zero attached hydrogens (tertiary/aromatic N) is 1. The van der Waals surface area contributed by atoms with Crippen LogP contribution < -0.4 is 5.32 Å². The molecule has 0 bridgehead atoms. The number of carboxylic acids is 1. The van der Waals surface area contributed by atoms with Crippen molar-refractivity contribution in [3.63, 3.8) is 0 Å². The molecular weight excluding hydrogens is 500 g/mol. The van der Waals surface area contributed by atoms with Gasteiger partial charge in [-0.15, -0.1) is 0 Å². The second-order valence-electron chi connectivity index (χ2n) is 9.72. The Hall–Kier alpha value is -4.71. The van der Waals surface area contributed by atoms with Gasteiger partial charge in [-0.2, -0.15) is 0 Å². The van der Waals surface area contributed by atoms with Crippen molar-refractivity contribution in [1.29, 1.82) is 0 Å². The highest BCUT2D eigenvalue weighted by atomic mass is 16.4. The molecule has 0 radical (unpaired) electrons. The van der Waals surface area contributed by atoms with Gasteiger partial charge in [-0.1, -0.05) is 97.1 Å². The highest BCUT2D eigenvalue weighted by Gasteiger charge is 2.23. The van der Waals surface area contributed by atoms with Gasteiger partial charge in [-0.25, -0.2) is 0 Å². The summed E-state index contributed by atoms with van der Waals surface area (Å²) in [6.07, 6.45) is 1.34. The molecule has 2 N–H and O–H groups in total. The zero-order valence-electron chi connectivity index (χ0n) is 22.6. The van der Waals surface area contributed by atoms with Gasteiger partial charge in [0.25, 0.3) is 11.8 Å². The van der Waals surface area contributed by atoms with E-state index in [2.05, 4.69) is 5.32 Å². The molecule has 0 fully saturated rings. The first kappa shape index (κ1) is 28.3. The minimum absolute atomic E-state index is 0.105. The maximum atomic E-state index is 13.9. The van der Waals surface area contributed by atoms with Crippen LogP contribution in [0.5, 0.6) is 0 Å². The fraction of sp³-hybridized carbons (Fsp3) is 0.206. The number of carbonyl (C=O) groups is 3. The third-order valence-corrected chi connectivity index (χ3v) is 6.89. The molecule has 0 aliphatic rings. The minimum atomic E-state index is -0.955. The Balaban J connectivity index is 1.59. The fourth-order valence-corrected chi connectivity index (χ4v) is 4.75. The van der Waals surface area contributed by atoms with Gasteiger partial charge in [0.15, 0.2) is 0 Å². The summed E-state index contributed by atoms with van der Waals surface area (Å²) in [6, 6.07) is 34.0. The summed E-state index contributed by atoms with van der Waals surface area (Å²) in [5.41, 5.74) is 4.34. The monoisotopic (exact) mass is 534 g/mol. The van der Waals surface area contributed by atoms with Crippen molar-refractivity contribution in [3.05, 3.63) is 131 Å². The van der Waals surface area contributed by atoms with Gasteiger partial charge in [0.1, 0.15) is 0 Å². The Morgan fingerprint density at radius 3 is 1.93 bits per heavy atom. The number of carboxylic acid groups (broad SMARTS) is 1. The lowest BCUT2D eigenvalue weighted by Gasteiger charge is -2.24. The van der Waals surface area contributed by atoms with Gasteiger partial charge in [-0.05, 0) is 54.2 Å². The van der Waals surface area contributed by atoms with Crippen molar-refractivity contribution in [3.8, 4) is 11.1 Å². The highest BCUT2D eigenvalue weighted by molar-refractivity contribution is 6.06. The molecule has 2 amide bonds. The molecular formula is C34H34N2O4. The van der Waals surface area contributed by atoms with Crippen LogP contribution in [0.4, 0.5) is 0 Å². The predicted molar refractivity (Wildman–Crippen MR) is 157 cm³/mol. The Kier molecular flexibility index (Phi) is 9.83. The zero-order chi connectivity index (χ0) is 28.3. The van der Waals surface area contributed by atoms with Crippen molar-refractivity contribution in [2.45, 2.75) is 32.2 Å². The number of hydrogen-bond acceptors (Lipinski definition) is 3. The van der Waals surface area contributed by atoms with Gasteiger partial charge in [0.05, 0.1) is 12.5 Å². The maximum Gasteiger partial charge on any atom is 0.305 e. The lowest BCUT2D eigenvalue weighted by Crippen LogP contribution is -2.34. The topological polar surface area (TPSA) is 86.7 Å². The summed E-state index contributed by atoms with van der Waals surface area (Å²) in [5, 5.41) is 12.4. The Morgan fingerprint density at radius 2 is 1.27 bits per heavy atom. The van der Waals surface area contributed by atoms with Crippen LogP contribution in [0.3, 0.4) is 0 Å². The normalized spacial score (nSPS) is 11.4. The standard InChI is InChI=1S/C34H34N2O4/c1-25(27-16-6-3-7-17-27)35-33(39)30-20-10-8-18-28(30)29-19-9-11-21-31(29)34(40)36(24-22-32(37)38)23-12-15-26-13-4-2-5-14-26/h2-11,13-14,16-21,25H,12,15,22-24H2,1H3,(H,35,39)(H,37,38). The van der Waals surface area contributed by atoms with E-state index in [0.717, 1.165) is 12.0 Å². The molecule has 0 aromatic heterocycles. The molecule has 4 aromatic carbocycles. The van der Waals surface area contributed by atoms with E-state index in [9.17, 15) is 19.5 Å². The molecule has 0 aliphatic carbocycles. The summed E-state index contributed by atoms with van der Waals surface area (Å²) in [7, 11) is 0. The Labute approximate surface area is 235 Å². The van der Waals surface area contributed by atoms with Crippen molar-refractivity contribution >= 4 is 17.8 Å². The van der Waals surface area contributed by atoms with Crippen molar-refractivity contribution in [2.75, 3.05) is 13.1 Å². The predicted octanol–water partition coefficient (Wildman–Crippen LogP) is 6.39. The molecule has 204 valence electrons. The second-order valence-corrected chi connectivity index (χ2v) is 9.72. The summed E-state index contributed by atoms with van der Waals surface area (Å²) < 4.78 is 0. The van der Waals surface area contributed by atoms with E-state index in [1.807, 2.05) is 91.9 Å². The molecule has 0 aliphatic heterocycles. The number of hydrogen-bond donors (Lipinski definition) is 2. The third kappa shape index (κ3) is 7.44. The number of benzene rings is 4. The average Bonchev–Trinajstić information content (AvgIpc) is 2.99. The first-order valence-electron chi connectivity index (χ1n) is 13.5. The molecule has 4 rings (SSSR count). The molecule has 0 spiro atoms. The molecule has 40 heavy (non-hydrogen) atoms. The average molecular weight is 535 g/mol. The smallest absolute Gasteiger partial charge is 0.305 e. The molecule has 0 saturated carbocycles. The van der Waals surface area contributed by atoms with E-state index in [4.69, 9.17) is 0 Å². The third-order valence-electron chi connectivity index (χ3n) is 6.89. The number of rotatable bonds is 12. The summed E-state index contributed by atoms with van der Waals surface area (Å²) in [5.74, 6) is -1.44. The molecule has 4 aromatic rings. The van der Waals surface area contributed by atoms with Crippen molar-refractivity contribution in [1.82, 2.24) is 10.2 Å². The lowest BCUT2D eigenvalue weighted by molar-refractivity contribution is -0.137. The quantitative estimate of drug-likeness (QED) is 0.220. The van der Waals surface area contributed by atoms with E-state index < -0.39 is 5.97 Å². The fourth-order valence-electron chi connectivity index (χ4n) is 4.75. The van der Waals surface area contributed by atoms with Crippen LogP contribution in [0.2, 0.25) is 0 Å². The number of aryl methyl sites for hydroxylation is 1. The van der Waals surface area contributed by atoms with Gasteiger partial charge in [0.2, 0.25) is 0 Å². The maximum absolute atomic E-state index is 13.9. The van der Waals surface area contributed by atoms with E-state index in [-0.39, 0.29) is 30.8 Å². The molecule has 0 saturated heterocycles. The van der Waals surface area contributed by atoms with Gasteiger partial charge >= 0.3 is 5.97 Å². The van der Waals surface area contributed by atoms with Crippen LogP contribution in [0, 0.1) is 0 Å². The summed E-state index contributed by atoms with van der Waals surface area (Å²) in [4.78, 5) is 40.3. The molecule has 6 heteroatoms. The zero-order valence-corrected chi connectivity index (χ0v) is 22.6. The van der Waals surface area contributed by atoms with E-state index in [1.54, 1.807) is 29.2 Å². The number of nitrogens with one attached hydrogen (secondary N) is 1. The van der Waals surface area contributed by atoms with E-state index in [0.29, 0.717) is 35.2 Å². The second kappa shape index (κ2) is 13.9. The van der Waals surface area contributed by atoms with E-state index in [1.165, 1.54) is 5.56 Å². The van der Waals surface area contributed by atoms with Gasteiger partial charge in [-0.3, -0.25) is 14.4 Å². The van der Waals surface area contributed by atoms with Gasteiger partial charge < -0.3 is 15.3 Å². The molecule has 1 atom stereocenters. The highest BCUT2D eigenvalue weighted by Crippen LogP contribution is 2.29. The van der Waals surface area contributed by atoms with Crippen molar-refractivity contribution < 1.29 is 19.5 Å². The van der Waals surface area contributed by atoms with E-state index >= 15 is 0 Å². The molecule has 1 unspecified atom stereocenters. The number of amides is 2. The SMILES string of the molecule is CC(NC(=O)c1ccccc1-c1ccccc1C(=O)N(CCCc1ccccc1)CCC(=O)O)c1ccccc1. The van der Waals surface area contributed by atoms with Crippen LogP contribution in [0.15, 0.2) is 109 Å². The summed E-state index contributed by atoms with van der Waals surface area (Å²) in [6.45, 7) is 2.46. The van der Waals surface area contributed by atoms with Crippen LogP contribution in [-0.4, -0.2) is 40.9 Å². The van der Waals surface area contributed by atoms with Gasteiger partial charge in [0, 0.05) is 24.2 Å². The Morgan fingerprint density at radius 1 is 0.725 bits per heavy atom. The summed E-state index contributed by atoms with van der Waals surface area (Å²) >= 11 is 0. The first-order valence-corrected chi connectivity index (χ1v) is 13.5. The minimum Gasteiger partial charge on any atom is -0.481 e. The van der Waals surface area contributed by atoms with Crippen LogP contribution >= 0.6 is 0 Å². The van der Waals surface area contributed by atoms with Crippen LogP contribution in [0.1, 0.15) is 57.7 Å². The van der Waals surface area contributed by atoms with Crippen LogP contribution in [-0.2, 0) is 11.2 Å². The number of carbonyl (C=O) groups excluding carboxylic acids is 2. The first-order chi connectivity index (χ1) is 19.4.